The monoisotopic (exact) mass is 338 g/mol. The SMILES string of the molecule is CN(C(=O)Oc1ccc(CN2C(=O)CCC2=O)cc1)c1ccccc1. The average molecular weight is 338 g/mol. The number of benzene rings is 2. The maximum Gasteiger partial charge on any atom is 0.419 e. The molecule has 2 aromatic carbocycles. The van der Waals surface area contributed by atoms with Crippen LogP contribution in [0.2, 0.25) is 0 Å². The Morgan fingerprint density at radius 3 is 2.20 bits per heavy atom. The van der Waals surface area contributed by atoms with Crippen LogP contribution in [0.15, 0.2) is 54.6 Å². The van der Waals surface area contributed by atoms with Gasteiger partial charge in [0.15, 0.2) is 0 Å². The first-order valence-corrected chi connectivity index (χ1v) is 7.97. The van der Waals surface area contributed by atoms with Gasteiger partial charge in [-0.3, -0.25) is 19.4 Å². The fourth-order valence-electron chi connectivity index (χ4n) is 2.57. The zero-order valence-electron chi connectivity index (χ0n) is 13.8. The van der Waals surface area contributed by atoms with Crippen LogP contribution in [0, 0.1) is 0 Å². The van der Waals surface area contributed by atoms with E-state index in [-0.39, 0.29) is 31.2 Å². The van der Waals surface area contributed by atoms with Crippen molar-refractivity contribution in [2.45, 2.75) is 19.4 Å². The molecule has 0 aromatic heterocycles. The Morgan fingerprint density at radius 1 is 1.00 bits per heavy atom. The molecule has 0 atom stereocenters. The van der Waals surface area contributed by atoms with Crippen molar-refractivity contribution in [3.05, 3.63) is 60.2 Å². The summed E-state index contributed by atoms with van der Waals surface area (Å²) in [6.45, 7) is 0.246. The molecule has 1 heterocycles. The summed E-state index contributed by atoms with van der Waals surface area (Å²) in [5, 5.41) is 0. The third kappa shape index (κ3) is 3.85. The van der Waals surface area contributed by atoms with Crippen LogP contribution in [0.3, 0.4) is 0 Å². The Hall–Kier alpha value is -3.15. The van der Waals surface area contributed by atoms with Gasteiger partial charge in [-0.1, -0.05) is 30.3 Å². The van der Waals surface area contributed by atoms with E-state index in [2.05, 4.69) is 0 Å². The summed E-state index contributed by atoms with van der Waals surface area (Å²) in [6.07, 6.45) is 0.0598. The summed E-state index contributed by atoms with van der Waals surface area (Å²) in [7, 11) is 1.64. The molecule has 0 spiro atoms. The van der Waals surface area contributed by atoms with Gasteiger partial charge in [-0.25, -0.2) is 4.79 Å². The van der Waals surface area contributed by atoms with Crippen molar-refractivity contribution >= 4 is 23.6 Å². The van der Waals surface area contributed by atoms with E-state index >= 15 is 0 Å². The molecule has 0 radical (unpaired) electrons. The number of hydrogen-bond acceptors (Lipinski definition) is 4. The predicted octanol–water partition coefficient (Wildman–Crippen LogP) is 2.97. The molecule has 6 nitrogen and oxygen atoms in total. The highest BCUT2D eigenvalue weighted by Gasteiger charge is 2.28. The van der Waals surface area contributed by atoms with E-state index in [4.69, 9.17) is 4.74 Å². The van der Waals surface area contributed by atoms with Crippen LogP contribution in [-0.4, -0.2) is 29.9 Å². The average Bonchev–Trinajstić information content (AvgIpc) is 2.95. The number of likely N-dealkylation sites (tertiary alicyclic amines) is 1. The minimum absolute atomic E-state index is 0.148. The van der Waals surface area contributed by atoms with Crippen LogP contribution in [0.25, 0.3) is 0 Å². The van der Waals surface area contributed by atoms with Crippen LogP contribution >= 0.6 is 0 Å². The number of rotatable bonds is 4. The molecule has 25 heavy (non-hydrogen) atoms. The number of anilines is 1. The number of hydrogen-bond donors (Lipinski definition) is 0. The second-order valence-corrected chi connectivity index (χ2v) is 5.78. The molecule has 1 saturated heterocycles. The van der Waals surface area contributed by atoms with Crippen molar-refractivity contribution in [2.75, 3.05) is 11.9 Å². The van der Waals surface area contributed by atoms with Crippen LogP contribution in [0.4, 0.5) is 10.5 Å². The minimum atomic E-state index is -0.496. The van der Waals surface area contributed by atoms with Gasteiger partial charge in [0.25, 0.3) is 0 Å². The van der Waals surface area contributed by atoms with Crippen molar-refractivity contribution in [2.24, 2.45) is 0 Å². The number of nitrogens with zero attached hydrogens (tertiary/aromatic N) is 2. The molecule has 1 fully saturated rings. The van der Waals surface area contributed by atoms with Gasteiger partial charge in [0.05, 0.1) is 6.54 Å². The van der Waals surface area contributed by atoms with E-state index in [0.717, 1.165) is 11.3 Å². The normalized spacial score (nSPS) is 13.9. The first-order valence-electron chi connectivity index (χ1n) is 7.97. The molecule has 0 aliphatic carbocycles. The van der Waals surface area contributed by atoms with Gasteiger partial charge >= 0.3 is 6.09 Å². The number of para-hydroxylation sites is 1. The van der Waals surface area contributed by atoms with E-state index in [0.29, 0.717) is 5.75 Å². The summed E-state index contributed by atoms with van der Waals surface area (Å²) < 4.78 is 5.34. The molecule has 128 valence electrons. The predicted molar refractivity (Wildman–Crippen MR) is 92.1 cm³/mol. The van der Waals surface area contributed by atoms with Crippen molar-refractivity contribution in [1.82, 2.24) is 4.90 Å². The Balaban J connectivity index is 1.61. The lowest BCUT2D eigenvalue weighted by Crippen LogP contribution is -2.29. The second-order valence-electron chi connectivity index (χ2n) is 5.78. The fraction of sp³-hybridized carbons (Fsp3) is 0.211. The largest absolute Gasteiger partial charge is 0.419 e. The van der Waals surface area contributed by atoms with Crippen molar-refractivity contribution in [3.8, 4) is 5.75 Å². The maximum atomic E-state index is 12.2. The van der Waals surface area contributed by atoms with E-state index in [1.807, 2.05) is 30.3 Å². The van der Waals surface area contributed by atoms with E-state index in [9.17, 15) is 14.4 Å². The molecule has 6 heteroatoms. The highest BCUT2D eigenvalue weighted by molar-refractivity contribution is 6.01. The first-order chi connectivity index (χ1) is 12.0. The zero-order chi connectivity index (χ0) is 17.8. The molecule has 0 unspecified atom stereocenters. The number of carbonyl (C=O) groups is 3. The summed E-state index contributed by atoms with van der Waals surface area (Å²) in [5.41, 5.74) is 1.54. The van der Waals surface area contributed by atoms with Gasteiger partial charge in [0.2, 0.25) is 11.8 Å². The number of ether oxygens (including phenoxy) is 1. The molecule has 0 saturated carbocycles. The third-order valence-electron chi connectivity index (χ3n) is 4.04. The smallest absolute Gasteiger partial charge is 0.410 e. The topological polar surface area (TPSA) is 66.9 Å². The van der Waals surface area contributed by atoms with Crippen LogP contribution in [0.5, 0.6) is 5.75 Å². The van der Waals surface area contributed by atoms with Crippen LogP contribution in [-0.2, 0) is 16.1 Å². The number of imide groups is 1. The maximum absolute atomic E-state index is 12.2. The van der Waals surface area contributed by atoms with Gasteiger partial charge < -0.3 is 4.74 Å². The molecule has 0 bridgehead atoms. The van der Waals surface area contributed by atoms with E-state index in [1.54, 1.807) is 31.3 Å². The number of carbonyl (C=O) groups excluding carboxylic acids is 3. The van der Waals surface area contributed by atoms with Gasteiger partial charge in [-0.15, -0.1) is 0 Å². The lowest BCUT2D eigenvalue weighted by Gasteiger charge is -2.17. The van der Waals surface area contributed by atoms with Crippen molar-refractivity contribution < 1.29 is 19.1 Å². The highest BCUT2D eigenvalue weighted by atomic mass is 16.6. The van der Waals surface area contributed by atoms with Gasteiger partial charge in [-0.2, -0.15) is 0 Å². The van der Waals surface area contributed by atoms with Crippen LogP contribution in [0.1, 0.15) is 18.4 Å². The summed E-state index contributed by atoms with van der Waals surface area (Å²) >= 11 is 0. The van der Waals surface area contributed by atoms with Crippen molar-refractivity contribution in [3.63, 3.8) is 0 Å². The van der Waals surface area contributed by atoms with Gasteiger partial charge in [0, 0.05) is 25.6 Å². The summed E-state index contributed by atoms with van der Waals surface area (Å²) in [6, 6.07) is 16.0. The Labute approximate surface area is 145 Å². The molecule has 0 N–H and O–H groups in total. The molecule has 1 aliphatic rings. The third-order valence-corrected chi connectivity index (χ3v) is 4.04. The summed E-state index contributed by atoms with van der Waals surface area (Å²) in [5.74, 6) is 0.102. The molecule has 1 aliphatic heterocycles. The Bertz CT molecular complexity index is 771. The second kappa shape index (κ2) is 7.17. The molecule has 3 rings (SSSR count). The molecular formula is C19H18N2O4. The number of amides is 3. The minimum Gasteiger partial charge on any atom is -0.410 e. The summed E-state index contributed by atoms with van der Waals surface area (Å²) in [4.78, 5) is 38.1. The molecular weight excluding hydrogens is 320 g/mol. The molecule has 3 amide bonds. The first kappa shape index (κ1) is 16.7. The Kier molecular flexibility index (Phi) is 4.79. The van der Waals surface area contributed by atoms with Gasteiger partial charge in [-0.05, 0) is 29.8 Å². The van der Waals surface area contributed by atoms with E-state index < -0.39 is 6.09 Å². The Morgan fingerprint density at radius 2 is 1.60 bits per heavy atom. The molecule has 2 aromatic rings. The van der Waals surface area contributed by atoms with Crippen LogP contribution < -0.4 is 9.64 Å². The quantitative estimate of drug-likeness (QED) is 0.804. The zero-order valence-corrected chi connectivity index (χ0v) is 13.8. The lowest BCUT2D eigenvalue weighted by molar-refractivity contribution is -0.139. The van der Waals surface area contributed by atoms with E-state index in [1.165, 1.54) is 9.80 Å². The lowest BCUT2D eigenvalue weighted by atomic mass is 10.2. The highest BCUT2D eigenvalue weighted by Crippen LogP contribution is 2.19. The van der Waals surface area contributed by atoms with Gasteiger partial charge in [0.1, 0.15) is 5.75 Å². The van der Waals surface area contributed by atoms with Crippen molar-refractivity contribution in [1.29, 1.82) is 0 Å². The fourth-order valence-corrected chi connectivity index (χ4v) is 2.57. The standard InChI is InChI=1S/C19H18N2O4/c1-20(15-5-3-2-4-6-15)19(24)25-16-9-7-14(8-10-16)13-21-17(22)11-12-18(21)23/h2-10H,11-13H2,1H3.